The third kappa shape index (κ3) is 2.88. The van der Waals surface area contributed by atoms with Gasteiger partial charge in [0.2, 0.25) is 0 Å². The average molecular weight is 234 g/mol. The van der Waals surface area contributed by atoms with Gasteiger partial charge in [0.15, 0.2) is 11.0 Å². The number of hydrogen-bond acceptors (Lipinski definition) is 7. The minimum absolute atomic E-state index is 0.546. The highest BCUT2D eigenvalue weighted by atomic mass is 32.2. The van der Waals surface area contributed by atoms with Crippen LogP contribution >= 0.6 is 11.8 Å². The predicted molar refractivity (Wildman–Crippen MR) is 61.4 cm³/mol. The van der Waals surface area contributed by atoms with Gasteiger partial charge in [-0.15, -0.1) is 0 Å². The summed E-state index contributed by atoms with van der Waals surface area (Å²) < 4.78 is 0. The second-order valence-corrected chi connectivity index (χ2v) is 3.80. The predicted octanol–water partition coefficient (Wildman–Crippen LogP) is 0.845. The lowest BCUT2D eigenvalue weighted by Gasteiger charge is -2.01. The van der Waals surface area contributed by atoms with Crippen LogP contribution in [0.3, 0.4) is 0 Å². The summed E-state index contributed by atoms with van der Waals surface area (Å²) in [5, 5.41) is 0.727. The highest BCUT2D eigenvalue weighted by molar-refractivity contribution is 7.98. The Balaban J connectivity index is 1.94. The molecule has 0 unspecified atom stereocenters. The molecule has 0 saturated heterocycles. The number of thioether (sulfide) groups is 1. The quantitative estimate of drug-likeness (QED) is 0.350. The second-order valence-electron chi connectivity index (χ2n) is 2.86. The van der Waals surface area contributed by atoms with E-state index in [1.807, 2.05) is 0 Å². The largest absolute Gasteiger partial charge is 0.307 e. The van der Waals surface area contributed by atoms with Crippen LogP contribution < -0.4 is 11.3 Å². The van der Waals surface area contributed by atoms with Crippen LogP contribution in [0.2, 0.25) is 0 Å². The lowest BCUT2D eigenvalue weighted by Crippen LogP contribution is -2.08. The molecule has 2 aromatic rings. The minimum Gasteiger partial charge on any atom is -0.307 e. The maximum atomic E-state index is 5.19. The van der Waals surface area contributed by atoms with Crippen molar-refractivity contribution < 1.29 is 0 Å². The number of hydrazine groups is 1. The molecular weight excluding hydrogens is 224 g/mol. The van der Waals surface area contributed by atoms with Crippen molar-refractivity contribution in [1.29, 1.82) is 0 Å². The van der Waals surface area contributed by atoms with E-state index >= 15 is 0 Å². The second kappa shape index (κ2) is 5.38. The van der Waals surface area contributed by atoms with Crippen molar-refractivity contribution in [1.82, 2.24) is 19.9 Å². The van der Waals surface area contributed by atoms with Gasteiger partial charge in [-0.3, -0.25) is 4.98 Å². The highest BCUT2D eigenvalue weighted by Gasteiger charge is 2.00. The van der Waals surface area contributed by atoms with E-state index in [-0.39, 0.29) is 0 Å². The van der Waals surface area contributed by atoms with Crippen molar-refractivity contribution >= 4 is 17.6 Å². The maximum Gasteiger partial charge on any atom is 0.187 e. The van der Waals surface area contributed by atoms with E-state index in [1.54, 1.807) is 30.9 Å². The number of aromatic nitrogens is 4. The van der Waals surface area contributed by atoms with E-state index in [9.17, 15) is 0 Å². The SMILES string of the molecule is NNc1cnc(CSc2ncccn2)cn1. The van der Waals surface area contributed by atoms with Gasteiger partial charge in [-0.1, -0.05) is 11.8 Å². The Morgan fingerprint density at radius 1 is 1.12 bits per heavy atom. The number of nitrogens with two attached hydrogens (primary N) is 1. The molecule has 16 heavy (non-hydrogen) atoms. The fourth-order valence-electron chi connectivity index (χ4n) is 1.00. The first kappa shape index (κ1) is 10.8. The molecule has 2 heterocycles. The van der Waals surface area contributed by atoms with Crippen LogP contribution in [0, 0.1) is 0 Å². The molecular formula is C9H10N6S. The summed E-state index contributed by atoms with van der Waals surface area (Å²) in [5.41, 5.74) is 3.28. The summed E-state index contributed by atoms with van der Waals surface area (Å²) in [4.78, 5) is 16.4. The molecule has 82 valence electrons. The molecule has 0 fully saturated rings. The van der Waals surface area contributed by atoms with Crippen LogP contribution in [-0.2, 0) is 5.75 Å². The van der Waals surface area contributed by atoms with Crippen LogP contribution in [0.4, 0.5) is 5.82 Å². The molecule has 0 bridgehead atoms. The van der Waals surface area contributed by atoms with Gasteiger partial charge in [0.25, 0.3) is 0 Å². The number of anilines is 1. The Labute approximate surface area is 96.7 Å². The maximum absolute atomic E-state index is 5.19. The van der Waals surface area contributed by atoms with E-state index in [1.165, 1.54) is 11.8 Å². The molecule has 6 nitrogen and oxygen atoms in total. The Hall–Kier alpha value is -1.73. The summed E-state index contributed by atoms with van der Waals surface area (Å²) in [6.45, 7) is 0. The number of hydrogen-bond donors (Lipinski definition) is 2. The Bertz CT molecular complexity index is 432. The highest BCUT2D eigenvalue weighted by Crippen LogP contribution is 2.16. The number of nitrogens with one attached hydrogen (secondary N) is 1. The standard InChI is InChI=1S/C9H10N6S/c10-15-8-5-13-7(4-14-8)6-16-9-11-2-1-3-12-9/h1-5H,6,10H2,(H,14,15). The number of nitrogens with zero attached hydrogens (tertiary/aromatic N) is 4. The fourth-order valence-corrected chi connectivity index (χ4v) is 1.70. The van der Waals surface area contributed by atoms with Gasteiger partial charge in [0.05, 0.1) is 18.1 Å². The molecule has 0 spiro atoms. The first-order valence-electron chi connectivity index (χ1n) is 4.56. The molecule has 3 N–H and O–H groups in total. The molecule has 0 aliphatic heterocycles. The van der Waals surface area contributed by atoms with E-state index in [2.05, 4.69) is 25.4 Å². The summed E-state index contributed by atoms with van der Waals surface area (Å²) in [6, 6.07) is 1.78. The van der Waals surface area contributed by atoms with Gasteiger partial charge < -0.3 is 5.43 Å². The van der Waals surface area contributed by atoms with E-state index in [0.29, 0.717) is 11.6 Å². The first-order chi connectivity index (χ1) is 7.88. The number of nitrogen functional groups attached to an aromatic ring is 1. The van der Waals surface area contributed by atoms with E-state index in [0.717, 1.165) is 10.9 Å². The monoisotopic (exact) mass is 234 g/mol. The third-order valence-corrected chi connectivity index (χ3v) is 2.65. The van der Waals surface area contributed by atoms with Crippen molar-refractivity contribution in [2.24, 2.45) is 5.84 Å². The van der Waals surface area contributed by atoms with Crippen LogP contribution in [0.25, 0.3) is 0 Å². The van der Waals surface area contributed by atoms with Crippen LogP contribution in [0.15, 0.2) is 36.0 Å². The third-order valence-electron chi connectivity index (χ3n) is 1.74. The van der Waals surface area contributed by atoms with Crippen molar-refractivity contribution in [3.05, 3.63) is 36.5 Å². The normalized spacial score (nSPS) is 10.1. The lowest BCUT2D eigenvalue weighted by atomic mass is 10.5. The van der Waals surface area contributed by atoms with Gasteiger partial charge in [0, 0.05) is 18.1 Å². The van der Waals surface area contributed by atoms with E-state index in [4.69, 9.17) is 5.84 Å². The molecule has 0 atom stereocenters. The zero-order chi connectivity index (χ0) is 11.2. The molecule has 0 aromatic carbocycles. The summed E-state index contributed by atoms with van der Waals surface area (Å²) >= 11 is 1.51. The topological polar surface area (TPSA) is 89.6 Å². The van der Waals surface area contributed by atoms with Gasteiger partial charge in [-0.25, -0.2) is 20.8 Å². The lowest BCUT2D eigenvalue weighted by molar-refractivity contribution is 0.963. The number of rotatable bonds is 4. The summed E-state index contributed by atoms with van der Waals surface area (Å²) in [7, 11) is 0. The van der Waals surface area contributed by atoms with Gasteiger partial charge in [0.1, 0.15) is 0 Å². The van der Waals surface area contributed by atoms with Crippen molar-refractivity contribution in [3.8, 4) is 0 Å². The van der Waals surface area contributed by atoms with Crippen LogP contribution in [-0.4, -0.2) is 19.9 Å². The zero-order valence-corrected chi connectivity index (χ0v) is 9.18. The van der Waals surface area contributed by atoms with Gasteiger partial charge in [-0.05, 0) is 6.07 Å². The average Bonchev–Trinajstić information content (AvgIpc) is 2.38. The minimum atomic E-state index is 0.546. The Morgan fingerprint density at radius 2 is 1.94 bits per heavy atom. The van der Waals surface area contributed by atoms with Crippen molar-refractivity contribution in [3.63, 3.8) is 0 Å². The Kier molecular flexibility index (Phi) is 3.62. The van der Waals surface area contributed by atoms with Crippen molar-refractivity contribution in [2.45, 2.75) is 10.9 Å². The molecule has 0 aliphatic carbocycles. The van der Waals surface area contributed by atoms with E-state index < -0.39 is 0 Å². The summed E-state index contributed by atoms with van der Waals surface area (Å²) in [6.07, 6.45) is 6.68. The van der Waals surface area contributed by atoms with Crippen molar-refractivity contribution in [2.75, 3.05) is 5.43 Å². The van der Waals surface area contributed by atoms with Crippen LogP contribution in [0.1, 0.15) is 5.69 Å². The first-order valence-corrected chi connectivity index (χ1v) is 5.54. The summed E-state index contributed by atoms with van der Waals surface area (Å²) in [5.74, 6) is 6.42. The smallest absolute Gasteiger partial charge is 0.187 e. The molecule has 0 amide bonds. The van der Waals surface area contributed by atoms with Gasteiger partial charge >= 0.3 is 0 Å². The zero-order valence-electron chi connectivity index (χ0n) is 8.37. The molecule has 7 heteroatoms. The molecule has 0 aliphatic rings. The molecule has 0 saturated carbocycles. The fraction of sp³-hybridized carbons (Fsp3) is 0.111. The van der Waals surface area contributed by atoms with Crippen LogP contribution in [0.5, 0.6) is 0 Å². The molecule has 0 radical (unpaired) electrons. The molecule has 2 aromatic heterocycles. The molecule has 2 rings (SSSR count). The Morgan fingerprint density at radius 3 is 2.56 bits per heavy atom. The van der Waals surface area contributed by atoms with Gasteiger partial charge in [-0.2, -0.15) is 0 Å².